The first-order valence-electron chi connectivity index (χ1n) is 7.33. The summed E-state index contributed by atoms with van der Waals surface area (Å²) >= 11 is 5.87. The first-order valence-corrected chi connectivity index (χ1v) is 7.71. The van der Waals surface area contributed by atoms with E-state index >= 15 is 0 Å². The Labute approximate surface area is 178 Å². The summed E-state index contributed by atoms with van der Waals surface area (Å²) < 4.78 is 21.4. The Bertz CT molecular complexity index is 555. The third-order valence-electron chi connectivity index (χ3n) is 2.24. The van der Waals surface area contributed by atoms with Gasteiger partial charge in [0.15, 0.2) is 5.84 Å². The van der Waals surface area contributed by atoms with Gasteiger partial charge in [0.05, 0.1) is 5.57 Å². The van der Waals surface area contributed by atoms with Gasteiger partial charge in [0.1, 0.15) is 0 Å². The number of hydrogen-bond acceptors (Lipinski definition) is 2. The fourth-order valence-corrected chi connectivity index (χ4v) is 1.49. The predicted octanol–water partition coefficient (Wildman–Crippen LogP) is 6.05. The van der Waals surface area contributed by atoms with Crippen molar-refractivity contribution in [3.8, 4) is 0 Å². The van der Waals surface area contributed by atoms with Gasteiger partial charge in [0.2, 0.25) is 0 Å². The van der Waals surface area contributed by atoms with Crippen LogP contribution in [0.15, 0.2) is 57.1 Å². The molecule has 3 nitrogen and oxygen atoms in total. The summed E-state index contributed by atoms with van der Waals surface area (Å²) in [5.41, 5.74) is 7.46. The van der Waals surface area contributed by atoms with Gasteiger partial charge in [0, 0.05) is 17.2 Å². The van der Waals surface area contributed by atoms with Crippen molar-refractivity contribution in [1.82, 2.24) is 0 Å². The van der Waals surface area contributed by atoms with E-state index in [1.54, 1.807) is 31.2 Å². The molecule has 0 spiro atoms. The third kappa shape index (κ3) is 14.0. The van der Waals surface area contributed by atoms with Crippen molar-refractivity contribution in [3.63, 3.8) is 0 Å². The summed E-state index contributed by atoms with van der Waals surface area (Å²) in [5, 5.41) is 0.290. The van der Waals surface area contributed by atoms with Crippen LogP contribution in [0.1, 0.15) is 34.1 Å². The van der Waals surface area contributed by atoms with Crippen LogP contribution in [0.5, 0.6) is 0 Å². The van der Waals surface area contributed by atoms with Crippen LogP contribution >= 0.6 is 11.6 Å². The van der Waals surface area contributed by atoms with Crippen molar-refractivity contribution in [3.05, 3.63) is 59.6 Å². The van der Waals surface area contributed by atoms with Crippen molar-refractivity contribution >= 4 is 29.8 Å². The molecule has 7 heteroatoms. The molecule has 1 aromatic carbocycles. The number of allylic oxidation sites excluding steroid dienone is 1. The maximum Gasteiger partial charge on any atom is 2.00 e. The van der Waals surface area contributed by atoms with Crippen LogP contribution in [-0.4, -0.2) is 12.6 Å². The summed E-state index contributed by atoms with van der Waals surface area (Å²) in [6, 6.07) is 10.0. The van der Waals surface area contributed by atoms with Gasteiger partial charge in [-0.25, -0.2) is 4.99 Å². The Morgan fingerprint density at radius 2 is 1.76 bits per heavy atom. The van der Waals surface area contributed by atoms with Crippen LogP contribution in [0.4, 0.5) is 14.5 Å². The van der Waals surface area contributed by atoms with Crippen molar-refractivity contribution in [1.29, 1.82) is 0 Å². The normalized spacial score (nSPS) is 11.0. The minimum absolute atomic E-state index is 0. The molecule has 0 atom stereocenters. The number of aliphatic imine (C=N–C) groups is 2. The van der Waals surface area contributed by atoms with Gasteiger partial charge in [-0.1, -0.05) is 39.0 Å². The number of rotatable bonds is 4. The zero-order valence-corrected chi connectivity index (χ0v) is 20.0. The topological polar surface area (TPSA) is 50.7 Å². The molecule has 0 fully saturated rings. The Hall–Kier alpha value is -0.958. The quantitative estimate of drug-likeness (QED) is 0.196. The summed E-state index contributed by atoms with van der Waals surface area (Å²) in [5.74, 6) is 0.358. The number of benzene rings is 1. The second kappa shape index (κ2) is 17.9. The van der Waals surface area contributed by atoms with E-state index in [1.165, 1.54) is 6.92 Å². The molecule has 2 N–H and O–H groups in total. The molecule has 0 aliphatic rings. The molecule has 25 heavy (non-hydrogen) atoms. The zero-order chi connectivity index (χ0) is 19.1. The van der Waals surface area contributed by atoms with E-state index in [4.69, 9.17) is 17.3 Å². The molecule has 0 aromatic heterocycles. The number of nitrogens with two attached hydrogens (primary N) is 1. The molecule has 0 bridgehead atoms. The van der Waals surface area contributed by atoms with Crippen LogP contribution in [0.2, 0.25) is 0 Å². The molecule has 0 amide bonds. The van der Waals surface area contributed by atoms with Crippen molar-refractivity contribution in [2.24, 2.45) is 15.7 Å². The number of halogens is 3. The van der Waals surface area contributed by atoms with Gasteiger partial charge in [-0.3, -0.25) is 4.99 Å². The first kappa shape index (κ1) is 28.8. The average Bonchev–Trinajstić information content (AvgIpc) is 2.56. The van der Waals surface area contributed by atoms with E-state index < -0.39 is 6.43 Å². The Balaban J connectivity index is -0.000000521. The molecule has 0 aliphatic heterocycles. The van der Waals surface area contributed by atoms with E-state index in [0.717, 1.165) is 5.69 Å². The number of nitrogens with zero attached hydrogens (tertiary/aromatic N) is 2. The Morgan fingerprint density at radius 3 is 2.04 bits per heavy atom. The second-order valence-electron chi connectivity index (χ2n) is 4.01. The van der Waals surface area contributed by atoms with Gasteiger partial charge < -0.3 is 14.5 Å². The fourth-order valence-electron chi connectivity index (χ4n) is 1.26. The van der Waals surface area contributed by atoms with Gasteiger partial charge in [-0.15, -0.1) is 18.6 Å². The van der Waals surface area contributed by atoms with E-state index in [-0.39, 0.29) is 37.5 Å². The van der Waals surface area contributed by atoms with Crippen LogP contribution in [0.3, 0.4) is 0 Å². The van der Waals surface area contributed by atoms with E-state index in [2.05, 4.69) is 29.3 Å². The van der Waals surface area contributed by atoms with E-state index in [0.29, 0.717) is 22.1 Å². The Kier molecular flexibility index (Phi) is 20.6. The molecule has 0 heterocycles. The van der Waals surface area contributed by atoms with Gasteiger partial charge in [0.25, 0.3) is 0 Å². The van der Waals surface area contributed by atoms with E-state index in [9.17, 15) is 8.78 Å². The minimum atomic E-state index is -1.50. The van der Waals surface area contributed by atoms with Gasteiger partial charge in [-0.05, 0) is 19.3 Å². The molecular formula is C18H24ClF2N3U. The van der Waals surface area contributed by atoms with Crippen molar-refractivity contribution in [2.45, 2.75) is 34.1 Å². The van der Waals surface area contributed by atoms with Gasteiger partial charge >= 0.3 is 31.1 Å². The number of amidine groups is 1. The maximum atomic E-state index is 10.7. The van der Waals surface area contributed by atoms with Crippen LogP contribution in [-0.2, 0) is 0 Å². The fraction of sp³-hybridized carbons (Fsp3) is 0.278. The predicted molar refractivity (Wildman–Crippen MR) is 101 cm³/mol. The van der Waals surface area contributed by atoms with Crippen LogP contribution in [0.25, 0.3) is 0 Å². The first-order chi connectivity index (χ1) is 11.3. The molecular weight excluding hydrogens is 570 g/mol. The molecule has 0 aliphatic carbocycles. The molecule has 1 aromatic rings. The monoisotopic (exact) mass is 593 g/mol. The van der Waals surface area contributed by atoms with Crippen LogP contribution < -0.4 is 5.73 Å². The van der Waals surface area contributed by atoms with Crippen LogP contribution in [0, 0.1) is 43.6 Å². The smallest absolute Gasteiger partial charge is 0.421 e. The van der Waals surface area contributed by atoms with E-state index in [1.807, 2.05) is 13.8 Å². The standard InChI is InChI=1S/C13H13ClN3.C3H5F2.C2H6.U/c1-9(14)12(10(2)15)13(16-3)17-11-7-5-4-6-8-11;1-2-3(4)5;1-2;/h5-8H,1,3,15H2,2H3;2H2,1H3;1-2H3;/q2*-1;;+2/b12-10-,17-13?;;;. The SMILES string of the molecule is C=NC(=Nc1cc[c-]cc1)/C(C(=C)Cl)=C(/C)N.CC.CC[C-](F)F.[U+2]. The summed E-state index contributed by atoms with van der Waals surface area (Å²) in [6.07, 6.45) is -1.61. The largest absolute Gasteiger partial charge is 2.00 e. The third-order valence-corrected chi connectivity index (χ3v) is 2.43. The Morgan fingerprint density at radius 1 is 1.32 bits per heavy atom. The minimum Gasteiger partial charge on any atom is -0.421 e. The maximum absolute atomic E-state index is 10.7. The summed E-state index contributed by atoms with van der Waals surface area (Å²) in [7, 11) is 0. The molecule has 0 saturated carbocycles. The molecule has 136 valence electrons. The molecule has 0 radical (unpaired) electrons. The molecule has 0 saturated heterocycles. The van der Waals surface area contributed by atoms with Gasteiger partial charge in [-0.2, -0.15) is 18.2 Å². The number of hydrogen-bond donors (Lipinski definition) is 1. The molecule has 0 unspecified atom stereocenters. The molecule has 1 rings (SSSR count). The van der Waals surface area contributed by atoms with Crippen molar-refractivity contribution in [2.75, 3.05) is 0 Å². The second-order valence-corrected chi connectivity index (χ2v) is 4.46. The summed E-state index contributed by atoms with van der Waals surface area (Å²) in [4.78, 5) is 8.14. The van der Waals surface area contributed by atoms with Crippen molar-refractivity contribution < 1.29 is 39.9 Å². The summed E-state index contributed by atoms with van der Waals surface area (Å²) in [6.45, 7) is 14.2. The zero-order valence-electron chi connectivity index (χ0n) is 15.0. The average molecular weight is 594 g/mol.